The average Bonchev–Trinajstić information content (AvgIpc) is 2.04. The van der Waals surface area contributed by atoms with Crippen molar-refractivity contribution in [1.29, 1.82) is 0 Å². The Morgan fingerprint density at radius 1 is 1.73 bits per heavy atom. The third-order valence-electron chi connectivity index (χ3n) is 1.89. The molecule has 0 radical (unpaired) electrons. The highest BCUT2D eigenvalue weighted by atomic mass is 16.5. The van der Waals surface area contributed by atoms with E-state index in [2.05, 4.69) is 4.74 Å². The van der Waals surface area contributed by atoms with Crippen LogP contribution in [0.15, 0.2) is 12.2 Å². The second-order valence-electron chi connectivity index (χ2n) is 2.63. The van der Waals surface area contributed by atoms with E-state index in [0.29, 0.717) is 6.42 Å². The summed E-state index contributed by atoms with van der Waals surface area (Å²) in [5, 5.41) is 9.28. The van der Waals surface area contributed by atoms with Gasteiger partial charge in [0, 0.05) is 0 Å². The molecule has 0 saturated carbocycles. The van der Waals surface area contributed by atoms with Crippen LogP contribution in [0.25, 0.3) is 0 Å². The highest BCUT2D eigenvalue weighted by Gasteiger charge is 2.26. The topological polar surface area (TPSA) is 46.5 Å². The zero-order valence-corrected chi connectivity index (χ0v) is 6.49. The van der Waals surface area contributed by atoms with Crippen molar-refractivity contribution in [1.82, 2.24) is 0 Å². The van der Waals surface area contributed by atoms with Gasteiger partial charge in [-0.2, -0.15) is 0 Å². The summed E-state index contributed by atoms with van der Waals surface area (Å²) in [6, 6.07) is 0. The van der Waals surface area contributed by atoms with Gasteiger partial charge in [0.15, 0.2) is 0 Å². The van der Waals surface area contributed by atoms with E-state index in [1.807, 2.05) is 6.08 Å². The summed E-state index contributed by atoms with van der Waals surface area (Å²) in [6.45, 7) is 0. The van der Waals surface area contributed by atoms with Crippen LogP contribution in [0.1, 0.15) is 12.8 Å². The van der Waals surface area contributed by atoms with Gasteiger partial charge in [0.2, 0.25) is 0 Å². The van der Waals surface area contributed by atoms with Gasteiger partial charge < -0.3 is 9.84 Å². The van der Waals surface area contributed by atoms with Crippen molar-refractivity contribution in [2.75, 3.05) is 7.11 Å². The first-order chi connectivity index (χ1) is 5.25. The van der Waals surface area contributed by atoms with E-state index in [9.17, 15) is 9.90 Å². The highest BCUT2D eigenvalue weighted by Crippen LogP contribution is 2.19. The van der Waals surface area contributed by atoms with Crippen LogP contribution in [0.2, 0.25) is 0 Å². The Morgan fingerprint density at radius 3 is 3.00 bits per heavy atom. The first-order valence-electron chi connectivity index (χ1n) is 3.68. The van der Waals surface area contributed by atoms with Gasteiger partial charge >= 0.3 is 5.97 Å². The molecule has 62 valence electrons. The van der Waals surface area contributed by atoms with Crippen molar-refractivity contribution in [3.05, 3.63) is 12.2 Å². The molecule has 0 spiro atoms. The molecule has 0 aromatic carbocycles. The predicted molar refractivity (Wildman–Crippen MR) is 39.9 cm³/mol. The predicted octanol–water partition coefficient (Wildman–Crippen LogP) is 0.486. The molecule has 3 heteroatoms. The van der Waals surface area contributed by atoms with Crippen molar-refractivity contribution in [3.63, 3.8) is 0 Å². The Bertz CT molecular complexity index is 174. The van der Waals surface area contributed by atoms with Crippen molar-refractivity contribution in [2.45, 2.75) is 18.9 Å². The Kier molecular flexibility index (Phi) is 2.65. The van der Waals surface area contributed by atoms with E-state index in [-0.39, 0.29) is 11.9 Å². The molecule has 0 bridgehead atoms. The van der Waals surface area contributed by atoms with E-state index in [1.54, 1.807) is 6.08 Å². The van der Waals surface area contributed by atoms with Crippen LogP contribution in [0, 0.1) is 5.92 Å². The molecule has 3 nitrogen and oxygen atoms in total. The summed E-state index contributed by atoms with van der Waals surface area (Å²) in [4.78, 5) is 11.0. The summed E-state index contributed by atoms with van der Waals surface area (Å²) < 4.78 is 4.53. The zero-order valence-electron chi connectivity index (χ0n) is 6.49. The van der Waals surface area contributed by atoms with E-state index in [0.717, 1.165) is 6.42 Å². The summed E-state index contributed by atoms with van der Waals surface area (Å²) in [6.07, 6.45) is 4.40. The molecular weight excluding hydrogens is 144 g/mol. The largest absolute Gasteiger partial charge is 0.469 e. The maximum absolute atomic E-state index is 11.0. The summed E-state index contributed by atoms with van der Waals surface area (Å²) in [5.41, 5.74) is 0. The number of rotatable bonds is 1. The van der Waals surface area contributed by atoms with E-state index in [1.165, 1.54) is 7.11 Å². The van der Waals surface area contributed by atoms with Gasteiger partial charge in [0.1, 0.15) is 0 Å². The molecule has 1 aliphatic carbocycles. The van der Waals surface area contributed by atoms with Crippen LogP contribution in [0.5, 0.6) is 0 Å². The molecule has 0 heterocycles. The minimum atomic E-state index is -0.656. The second kappa shape index (κ2) is 3.53. The molecule has 1 N–H and O–H groups in total. The summed E-state index contributed by atoms with van der Waals surface area (Å²) >= 11 is 0. The molecule has 1 rings (SSSR count). The number of aliphatic hydroxyl groups is 1. The Balaban J connectivity index is 2.57. The van der Waals surface area contributed by atoms with Gasteiger partial charge in [-0.25, -0.2) is 0 Å². The van der Waals surface area contributed by atoms with Crippen molar-refractivity contribution >= 4 is 5.97 Å². The minimum Gasteiger partial charge on any atom is -0.469 e. The molecule has 2 atom stereocenters. The van der Waals surface area contributed by atoms with Gasteiger partial charge in [0.25, 0.3) is 0 Å². The van der Waals surface area contributed by atoms with Crippen molar-refractivity contribution in [2.24, 2.45) is 5.92 Å². The maximum atomic E-state index is 11.0. The van der Waals surface area contributed by atoms with Gasteiger partial charge in [-0.3, -0.25) is 4.79 Å². The Labute approximate surface area is 65.7 Å². The van der Waals surface area contributed by atoms with Crippen LogP contribution in [-0.2, 0) is 9.53 Å². The molecule has 0 aromatic rings. The third-order valence-corrected chi connectivity index (χ3v) is 1.89. The lowest BCUT2D eigenvalue weighted by Crippen LogP contribution is -2.29. The minimum absolute atomic E-state index is 0.318. The Hall–Kier alpha value is -0.830. The molecular formula is C8H12O3. The van der Waals surface area contributed by atoms with Crippen molar-refractivity contribution < 1.29 is 14.6 Å². The SMILES string of the molecule is COC(=O)[C@H]1CCC=C[C@H]1O. The van der Waals surface area contributed by atoms with Crippen LogP contribution < -0.4 is 0 Å². The van der Waals surface area contributed by atoms with Crippen LogP contribution >= 0.6 is 0 Å². The Morgan fingerprint density at radius 2 is 2.45 bits per heavy atom. The van der Waals surface area contributed by atoms with Crippen molar-refractivity contribution in [3.8, 4) is 0 Å². The number of ether oxygens (including phenoxy) is 1. The number of esters is 1. The fraction of sp³-hybridized carbons (Fsp3) is 0.625. The van der Waals surface area contributed by atoms with Crippen LogP contribution in [0.4, 0.5) is 0 Å². The first-order valence-corrected chi connectivity index (χ1v) is 3.68. The lowest BCUT2D eigenvalue weighted by Gasteiger charge is -2.20. The second-order valence-corrected chi connectivity index (χ2v) is 2.63. The van der Waals surface area contributed by atoms with E-state index < -0.39 is 6.10 Å². The average molecular weight is 156 g/mol. The molecule has 0 fully saturated rings. The molecule has 0 aromatic heterocycles. The number of hydrogen-bond acceptors (Lipinski definition) is 3. The molecule has 1 aliphatic rings. The molecule has 0 saturated heterocycles. The summed E-state index contributed by atoms with van der Waals surface area (Å²) in [5.74, 6) is -0.674. The van der Waals surface area contributed by atoms with Gasteiger partial charge in [0.05, 0.1) is 19.1 Å². The number of hydrogen-bond donors (Lipinski definition) is 1. The maximum Gasteiger partial charge on any atom is 0.311 e. The normalized spacial score (nSPS) is 30.0. The number of allylic oxidation sites excluding steroid dienone is 1. The van der Waals surface area contributed by atoms with E-state index in [4.69, 9.17) is 0 Å². The lowest BCUT2D eigenvalue weighted by atomic mass is 9.92. The highest BCUT2D eigenvalue weighted by molar-refractivity contribution is 5.73. The number of carbonyl (C=O) groups excluding carboxylic acids is 1. The monoisotopic (exact) mass is 156 g/mol. The number of aliphatic hydroxyl groups excluding tert-OH is 1. The quantitative estimate of drug-likeness (QED) is 0.444. The van der Waals surface area contributed by atoms with E-state index >= 15 is 0 Å². The smallest absolute Gasteiger partial charge is 0.311 e. The van der Waals surface area contributed by atoms with Crippen LogP contribution in [-0.4, -0.2) is 24.3 Å². The fourth-order valence-corrected chi connectivity index (χ4v) is 1.22. The standard InChI is InChI=1S/C8H12O3/c1-11-8(10)6-4-2-3-5-7(6)9/h3,5-7,9H,2,4H2,1H3/t6-,7+/m0/s1. The first kappa shape index (κ1) is 8.27. The van der Waals surface area contributed by atoms with Gasteiger partial charge in [-0.1, -0.05) is 12.2 Å². The van der Waals surface area contributed by atoms with Crippen LogP contribution in [0.3, 0.4) is 0 Å². The molecule has 11 heavy (non-hydrogen) atoms. The molecule has 0 amide bonds. The molecule has 0 unspecified atom stereocenters. The zero-order chi connectivity index (χ0) is 8.27. The third kappa shape index (κ3) is 1.80. The van der Waals surface area contributed by atoms with Gasteiger partial charge in [-0.05, 0) is 12.8 Å². The van der Waals surface area contributed by atoms with Gasteiger partial charge in [-0.15, -0.1) is 0 Å². The fourth-order valence-electron chi connectivity index (χ4n) is 1.22. The number of carbonyl (C=O) groups is 1. The summed E-state index contributed by atoms with van der Waals surface area (Å²) in [7, 11) is 1.34. The molecule has 0 aliphatic heterocycles. The number of methoxy groups -OCH3 is 1. The lowest BCUT2D eigenvalue weighted by molar-refractivity contribution is -0.148.